The summed E-state index contributed by atoms with van der Waals surface area (Å²) < 4.78 is 5.94. The monoisotopic (exact) mass is 398 g/mol. The smallest absolute Gasteiger partial charge is 0.255 e. The summed E-state index contributed by atoms with van der Waals surface area (Å²) in [5, 5.41) is 2.95. The van der Waals surface area contributed by atoms with Gasteiger partial charge in [-0.15, -0.1) is 0 Å². The van der Waals surface area contributed by atoms with Gasteiger partial charge in [0.25, 0.3) is 5.91 Å². The molecule has 152 valence electrons. The van der Waals surface area contributed by atoms with Gasteiger partial charge in [-0.2, -0.15) is 0 Å². The lowest BCUT2D eigenvalue weighted by atomic mass is 9.98. The van der Waals surface area contributed by atoms with Gasteiger partial charge in [-0.1, -0.05) is 37.1 Å². The summed E-state index contributed by atoms with van der Waals surface area (Å²) in [4.78, 5) is 17.2. The fraction of sp³-hybridized carbons (Fsp3) is 0.231. The van der Waals surface area contributed by atoms with Gasteiger partial charge >= 0.3 is 0 Å². The van der Waals surface area contributed by atoms with Gasteiger partial charge in [-0.05, 0) is 80.3 Å². The number of fused-ring (bicyclic) bond motifs is 1. The number of oxazole rings is 1. The Hall–Kier alpha value is -3.40. The molecule has 0 aliphatic rings. The van der Waals surface area contributed by atoms with Crippen LogP contribution in [-0.4, -0.2) is 10.9 Å². The van der Waals surface area contributed by atoms with Crippen LogP contribution in [0.25, 0.3) is 22.6 Å². The molecule has 0 saturated heterocycles. The molecule has 30 heavy (non-hydrogen) atoms. The number of hydrogen-bond acceptors (Lipinski definition) is 3. The SMILES string of the molecule is CCC(C)c1ccc2oc(-c3ccc(NC(=O)c4cc(C)cc(C)c4)cc3)nc2c1. The molecule has 1 atom stereocenters. The number of aryl methyl sites for hydroxylation is 2. The number of benzene rings is 3. The van der Waals surface area contributed by atoms with E-state index in [-0.39, 0.29) is 5.91 Å². The number of nitrogens with zero attached hydrogens (tertiary/aromatic N) is 1. The van der Waals surface area contributed by atoms with Gasteiger partial charge in [0, 0.05) is 16.8 Å². The number of amides is 1. The second kappa shape index (κ2) is 8.15. The first-order valence-corrected chi connectivity index (χ1v) is 10.3. The molecule has 1 N–H and O–H groups in total. The number of anilines is 1. The molecule has 0 spiro atoms. The Labute approximate surface area is 177 Å². The van der Waals surface area contributed by atoms with Gasteiger partial charge in [-0.3, -0.25) is 4.79 Å². The van der Waals surface area contributed by atoms with E-state index in [0.29, 0.717) is 17.4 Å². The van der Waals surface area contributed by atoms with Crippen LogP contribution in [0.4, 0.5) is 5.69 Å². The first-order chi connectivity index (χ1) is 14.4. The minimum atomic E-state index is -0.117. The maximum Gasteiger partial charge on any atom is 0.255 e. The molecule has 0 fully saturated rings. The molecule has 0 bridgehead atoms. The van der Waals surface area contributed by atoms with Crippen LogP contribution >= 0.6 is 0 Å². The zero-order valence-corrected chi connectivity index (χ0v) is 17.8. The Morgan fingerprint density at radius 1 is 1.00 bits per heavy atom. The van der Waals surface area contributed by atoms with Gasteiger partial charge in [0.05, 0.1) is 0 Å². The third-order valence-electron chi connectivity index (χ3n) is 5.47. The van der Waals surface area contributed by atoms with Crippen LogP contribution in [0.15, 0.2) is 65.1 Å². The van der Waals surface area contributed by atoms with E-state index in [9.17, 15) is 4.79 Å². The third kappa shape index (κ3) is 4.13. The number of carbonyl (C=O) groups excluding carboxylic acids is 1. The summed E-state index contributed by atoms with van der Waals surface area (Å²) in [6, 6.07) is 19.6. The lowest BCUT2D eigenvalue weighted by Gasteiger charge is -2.07. The predicted molar refractivity (Wildman–Crippen MR) is 122 cm³/mol. The zero-order chi connectivity index (χ0) is 21.3. The van der Waals surface area contributed by atoms with Crippen molar-refractivity contribution in [3.05, 3.63) is 82.9 Å². The Kier molecular flexibility index (Phi) is 5.40. The zero-order valence-electron chi connectivity index (χ0n) is 17.8. The van der Waals surface area contributed by atoms with Gasteiger partial charge in [0.15, 0.2) is 5.58 Å². The summed E-state index contributed by atoms with van der Waals surface area (Å²) in [5.74, 6) is 0.960. The van der Waals surface area contributed by atoms with Crippen LogP contribution in [0.2, 0.25) is 0 Å². The van der Waals surface area contributed by atoms with Crippen molar-refractivity contribution < 1.29 is 9.21 Å². The van der Waals surface area contributed by atoms with E-state index in [0.717, 1.165) is 39.9 Å². The quantitative estimate of drug-likeness (QED) is 0.399. The van der Waals surface area contributed by atoms with E-state index in [2.05, 4.69) is 42.3 Å². The summed E-state index contributed by atoms with van der Waals surface area (Å²) in [7, 11) is 0. The van der Waals surface area contributed by atoms with E-state index in [1.54, 1.807) is 0 Å². The average molecular weight is 399 g/mol. The molecule has 3 aromatic carbocycles. The van der Waals surface area contributed by atoms with Gasteiger partial charge in [-0.25, -0.2) is 4.98 Å². The molecule has 1 heterocycles. The van der Waals surface area contributed by atoms with Crippen molar-refractivity contribution in [2.75, 3.05) is 5.32 Å². The van der Waals surface area contributed by atoms with Crippen LogP contribution in [-0.2, 0) is 0 Å². The average Bonchev–Trinajstić information content (AvgIpc) is 3.16. The summed E-state index contributed by atoms with van der Waals surface area (Å²) in [5.41, 5.74) is 7.34. The van der Waals surface area contributed by atoms with E-state index in [1.165, 1.54) is 5.56 Å². The van der Waals surface area contributed by atoms with Crippen molar-refractivity contribution >= 4 is 22.7 Å². The standard InChI is InChI=1S/C26H26N2O2/c1-5-18(4)20-8-11-24-23(15-20)28-26(30-24)19-6-9-22(10-7-19)27-25(29)21-13-16(2)12-17(3)14-21/h6-15,18H,5H2,1-4H3,(H,27,29). The second-order valence-electron chi connectivity index (χ2n) is 7.96. The van der Waals surface area contributed by atoms with Crippen molar-refractivity contribution in [2.24, 2.45) is 0 Å². The molecule has 4 nitrogen and oxygen atoms in total. The van der Waals surface area contributed by atoms with Gasteiger partial charge in [0.1, 0.15) is 5.52 Å². The van der Waals surface area contributed by atoms with Crippen LogP contribution in [0.3, 0.4) is 0 Å². The maximum atomic E-state index is 12.6. The third-order valence-corrected chi connectivity index (χ3v) is 5.47. The van der Waals surface area contributed by atoms with Crippen molar-refractivity contribution in [2.45, 2.75) is 40.0 Å². The van der Waals surface area contributed by atoms with Crippen LogP contribution < -0.4 is 5.32 Å². The van der Waals surface area contributed by atoms with Crippen LogP contribution in [0.1, 0.15) is 53.2 Å². The molecule has 1 unspecified atom stereocenters. The number of rotatable bonds is 5. The van der Waals surface area contributed by atoms with Crippen LogP contribution in [0, 0.1) is 13.8 Å². The topological polar surface area (TPSA) is 55.1 Å². The van der Waals surface area contributed by atoms with E-state index < -0.39 is 0 Å². The molecule has 4 aromatic rings. The summed E-state index contributed by atoms with van der Waals surface area (Å²) in [6.07, 6.45) is 1.09. The maximum absolute atomic E-state index is 12.6. The van der Waals surface area contributed by atoms with E-state index in [4.69, 9.17) is 4.42 Å². The van der Waals surface area contributed by atoms with Gasteiger partial charge < -0.3 is 9.73 Å². The molecule has 1 amide bonds. The highest BCUT2D eigenvalue weighted by Gasteiger charge is 2.12. The highest BCUT2D eigenvalue weighted by atomic mass is 16.3. The molecule has 1 aromatic heterocycles. The molecular weight excluding hydrogens is 372 g/mol. The normalized spacial score (nSPS) is 12.1. The minimum absolute atomic E-state index is 0.117. The lowest BCUT2D eigenvalue weighted by molar-refractivity contribution is 0.102. The molecule has 0 saturated carbocycles. The fourth-order valence-electron chi connectivity index (χ4n) is 3.62. The molecular formula is C26H26N2O2. The second-order valence-corrected chi connectivity index (χ2v) is 7.96. The predicted octanol–water partition coefficient (Wildman–Crippen LogP) is 6.88. The Bertz CT molecular complexity index is 1190. The number of carbonyl (C=O) groups is 1. The minimum Gasteiger partial charge on any atom is -0.436 e. The molecule has 4 heteroatoms. The summed E-state index contributed by atoms with van der Waals surface area (Å²) >= 11 is 0. The largest absolute Gasteiger partial charge is 0.436 e. The van der Waals surface area contributed by atoms with Crippen molar-refractivity contribution in [1.82, 2.24) is 4.98 Å². The lowest BCUT2D eigenvalue weighted by Crippen LogP contribution is -2.12. The highest BCUT2D eigenvalue weighted by molar-refractivity contribution is 6.04. The van der Waals surface area contributed by atoms with E-state index in [1.807, 2.05) is 56.3 Å². The first kappa shape index (κ1) is 19.9. The van der Waals surface area contributed by atoms with E-state index >= 15 is 0 Å². The Morgan fingerprint density at radius 2 is 1.70 bits per heavy atom. The number of nitrogens with one attached hydrogen (secondary N) is 1. The molecule has 0 radical (unpaired) electrons. The van der Waals surface area contributed by atoms with Crippen molar-refractivity contribution in [3.8, 4) is 11.5 Å². The van der Waals surface area contributed by atoms with Crippen molar-refractivity contribution in [1.29, 1.82) is 0 Å². The van der Waals surface area contributed by atoms with Crippen molar-refractivity contribution in [3.63, 3.8) is 0 Å². The number of aromatic nitrogens is 1. The number of hydrogen-bond donors (Lipinski definition) is 1. The van der Waals surface area contributed by atoms with Crippen LogP contribution in [0.5, 0.6) is 0 Å². The first-order valence-electron chi connectivity index (χ1n) is 10.3. The Morgan fingerprint density at radius 3 is 2.37 bits per heavy atom. The molecule has 0 aliphatic heterocycles. The van der Waals surface area contributed by atoms with Gasteiger partial charge in [0.2, 0.25) is 5.89 Å². The highest BCUT2D eigenvalue weighted by Crippen LogP contribution is 2.28. The molecule has 4 rings (SSSR count). The summed E-state index contributed by atoms with van der Waals surface area (Å²) in [6.45, 7) is 8.38. The Balaban J connectivity index is 1.53. The molecule has 0 aliphatic carbocycles. The fourth-order valence-corrected chi connectivity index (χ4v) is 3.62.